The number of aromatic hydroxyl groups is 2. The number of piperazine rings is 1. The summed E-state index contributed by atoms with van der Waals surface area (Å²) in [4.78, 5) is 9.28. The standard InChI is InChI=1S/C22H26N4O3S/c27-15(14-26-20(28)16-5-1-2-6-17(16)21(26)29)13-24-9-11-25(12-10-24)22-23-18-7-3-4-8-19(18)30-22/h1-4,7-8,15,27-29H,5-6,9-14H2. The number of benzene rings is 1. The van der Waals surface area contributed by atoms with Crippen LogP contribution in [0, 0.1) is 0 Å². The fourth-order valence-corrected chi connectivity index (χ4v) is 5.40. The van der Waals surface area contributed by atoms with E-state index in [1.807, 2.05) is 30.4 Å². The Balaban J connectivity index is 1.18. The van der Waals surface area contributed by atoms with Crippen LogP contribution in [-0.2, 0) is 19.4 Å². The maximum absolute atomic E-state index is 10.6. The number of allylic oxidation sites excluding steroid dienone is 2. The molecule has 0 spiro atoms. The van der Waals surface area contributed by atoms with Gasteiger partial charge in [0.1, 0.15) is 0 Å². The lowest BCUT2D eigenvalue weighted by Gasteiger charge is -2.35. The molecule has 1 atom stereocenters. The number of nitrogens with zero attached hydrogens (tertiary/aromatic N) is 4. The molecule has 2 aromatic heterocycles. The molecule has 0 radical (unpaired) electrons. The van der Waals surface area contributed by atoms with Gasteiger partial charge in [-0.15, -0.1) is 0 Å². The van der Waals surface area contributed by atoms with Crippen LogP contribution >= 0.6 is 11.3 Å². The van der Waals surface area contributed by atoms with E-state index in [0.717, 1.165) is 48.0 Å². The minimum atomic E-state index is -0.669. The molecule has 3 aromatic rings. The maximum atomic E-state index is 10.6. The molecule has 0 saturated carbocycles. The second kappa shape index (κ2) is 7.94. The highest BCUT2D eigenvalue weighted by Gasteiger charge is 2.26. The Labute approximate surface area is 179 Å². The molecular formula is C22H26N4O3S. The molecule has 1 unspecified atom stereocenters. The van der Waals surface area contributed by atoms with Crippen LogP contribution in [0.1, 0.15) is 11.1 Å². The zero-order valence-electron chi connectivity index (χ0n) is 16.7. The lowest BCUT2D eigenvalue weighted by atomic mass is 10.0. The van der Waals surface area contributed by atoms with E-state index in [0.29, 0.717) is 19.4 Å². The van der Waals surface area contributed by atoms with Crippen molar-refractivity contribution in [3.63, 3.8) is 0 Å². The molecule has 158 valence electrons. The lowest BCUT2D eigenvalue weighted by molar-refractivity contribution is 0.0908. The van der Waals surface area contributed by atoms with Crippen molar-refractivity contribution in [2.75, 3.05) is 37.6 Å². The summed E-state index contributed by atoms with van der Waals surface area (Å²) in [6.07, 6.45) is 4.55. The number of hydrogen-bond acceptors (Lipinski definition) is 7. The van der Waals surface area contributed by atoms with E-state index in [2.05, 4.69) is 15.9 Å². The highest BCUT2D eigenvalue weighted by Crippen LogP contribution is 2.37. The number of para-hydroxylation sites is 1. The van der Waals surface area contributed by atoms with E-state index in [1.54, 1.807) is 11.3 Å². The van der Waals surface area contributed by atoms with Gasteiger partial charge in [0.05, 0.1) is 22.9 Å². The molecule has 2 aliphatic rings. The van der Waals surface area contributed by atoms with Crippen LogP contribution in [0.4, 0.5) is 5.13 Å². The molecule has 1 saturated heterocycles. The molecule has 3 heterocycles. The minimum Gasteiger partial charge on any atom is -0.494 e. The number of anilines is 1. The number of thiazole rings is 1. The third kappa shape index (κ3) is 3.55. The highest BCUT2D eigenvalue weighted by atomic mass is 32.1. The summed E-state index contributed by atoms with van der Waals surface area (Å²) in [7, 11) is 0. The molecule has 0 amide bonds. The Bertz CT molecular complexity index is 1020. The van der Waals surface area contributed by atoms with Gasteiger partial charge in [-0.2, -0.15) is 0 Å². The SMILES string of the molecule is Oc1c2c(c(O)n1CC(O)CN1CCN(c3nc4ccccc4s3)CC1)CC=CC2. The quantitative estimate of drug-likeness (QED) is 0.543. The summed E-state index contributed by atoms with van der Waals surface area (Å²) in [5.74, 6) is 0.151. The van der Waals surface area contributed by atoms with Crippen molar-refractivity contribution in [1.82, 2.24) is 14.5 Å². The second-order valence-corrected chi connectivity index (χ2v) is 9.01. The normalized spacial score (nSPS) is 18.1. The number of fused-ring (bicyclic) bond motifs is 2. The molecule has 3 N–H and O–H groups in total. The third-order valence-corrected chi connectivity index (χ3v) is 7.11. The smallest absolute Gasteiger partial charge is 0.197 e. The summed E-state index contributed by atoms with van der Waals surface area (Å²) >= 11 is 1.72. The van der Waals surface area contributed by atoms with Crippen molar-refractivity contribution in [3.8, 4) is 11.8 Å². The second-order valence-electron chi connectivity index (χ2n) is 8.00. The van der Waals surface area contributed by atoms with Crippen LogP contribution < -0.4 is 4.90 Å². The van der Waals surface area contributed by atoms with Crippen LogP contribution in [0.3, 0.4) is 0 Å². The zero-order chi connectivity index (χ0) is 20.7. The fourth-order valence-electron chi connectivity index (χ4n) is 4.38. The summed E-state index contributed by atoms with van der Waals surface area (Å²) in [6.45, 7) is 4.11. The molecular weight excluding hydrogens is 400 g/mol. The average molecular weight is 427 g/mol. The topological polar surface area (TPSA) is 85.0 Å². The van der Waals surface area contributed by atoms with Crippen molar-refractivity contribution in [3.05, 3.63) is 47.5 Å². The first-order valence-electron chi connectivity index (χ1n) is 10.4. The van der Waals surface area contributed by atoms with Crippen LogP contribution in [0.2, 0.25) is 0 Å². The first-order chi connectivity index (χ1) is 14.6. The van der Waals surface area contributed by atoms with E-state index in [4.69, 9.17) is 4.98 Å². The average Bonchev–Trinajstić information content (AvgIpc) is 3.30. The van der Waals surface area contributed by atoms with Gasteiger partial charge >= 0.3 is 0 Å². The van der Waals surface area contributed by atoms with Crippen LogP contribution in [0.25, 0.3) is 10.2 Å². The zero-order valence-corrected chi connectivity index (χ0v) is 17.6. The predicted molar refractivity (Wildman–Crippen MR) is 119 cm³/mol. The highest BCUT2D eigenvalue weighted by molar-refractivity contribution is 7.22. The Morgan fingerprint density at radius 2 is 1.60 bits per heavy atom. The van der Waals surface area contributed by atoms with Crippen LogP contribution in [0.5, 0.6) is 11.8 Å². The number of hydrogen-bond donors (Lipinski definition) is 3. The molecule has 30 heavy (non-hydrogen) atoms. The lowest BCUT2D eigenvalue weighted by Crippen LogP contribution is -2.49. The van der Waals surface area contributed by atoms with Gasteiger partial charge in [0.15, 0.2) is 16.9 Å². The summed E-state index contributed by atoms with van der Waals surface area (Å²) in [5, 5.41) is 32.6. The molecule has 1 aromatic carbocycles. The van der Waals surface area contributed by atoms with E-state index >= 15 is 0 Å². The van der Waals surface area contributed by atoms with E-state index in [-0.39, 0.29) is 18.3 Å². The minimum absolute atomic E-state index is 0.0755. The van der Waals surface area contributed by atoms with Gasteiger partial charge in [-0.25, -0.2) is 4.98 Å². The number of rotatable bonds is 5. The number of aliphatic hydroxyl groups excluding tert-OH is 1. The number of aliphatic hydroxyl groups is 1. The van der Waals surface area contributed by atoms with Gasteiger partial charge in [-0.05, 0) is 25.0 Å². The third-order valence-electron chi connectivity index (χ3n) is 6.01. The van der Waals surface area contributed by atoms with Crippen LogP contribution in [-0.4, -0.2) is 68.6 Å². The summed E-state index contributed by atoms with van der Waals surface area (Å²) in [5.41, 5.74) is 2.58. The Hall–Kier alpha value is -2.55. The van der Waals surface area contributed by atoms with Gasteiger partial charge in [-0.3, -0.25) is 9.47 Å². The monoisotopic (exact) mass is 426 g/mol. The summed E-state index contributed by atoms with van der Waals surface area (Å²) in [6, 6.07) is 8.19. The van der Waals surface area contributed by atoms with Crippen LogP contribution in [0.15, 0.2) is 36.4 Å². The molecule has 1 fully saturated rings. The van der Waals surface area contributed by atoms with Crippen molar-refractivity contribution in [1.29, 1.82) is 0 Å². The fraction of sp³-hybridized carbons (Fsp3) is 0.409. The van der Waals surface area contributed by atoms with Crippen molar-refractivity contribution in [2.45, 2.75) is 25.5 Å². The Morgan fingerprint density at radius 3 is 2.27 bits per heavy atom. The van der Waals surface area contributed by atoms with E-state index in [1.165, 1.54) is 9.27 Å². The Morgan fingerprint density at radius 1 is 0.933 bits per heavy atom. The maximum Gasteiger partial charge on any atom is 0.197 e. The van der Waals surface area contributed by atoms with Gasteiger partial charge in [0.25, 0.3) is 0 Å². The van der Waals surface area contributed by atoms with Crippen molar-refractivity contribution in [2.24, 2.45) is 0 Å². The molecule has 7 nitrogen and oxygen atoms in total. The molecule has 0 bridgehead atoms. The number of aromatic nitrogens is 2. The predicted octanol–water partition coefficient (Wildman–Crippen LogP) is 2.35. The van der Waals surface area contributed by atoms with E-state index < -0.39 is 6.10 Å². The van der Waals surface area contributed by atoms with Gasteiger partial charge in [-0.1, -0.05) is 35.6 Å². The van der Waals surface area contributed by atoms with Gasteiger partial charge in [0, 0.05) is 43.9 Å². The van der Waals surface area contributed by atoms with E-state index in [9.17, 15) is 15.3 Å². The first-order valence-corrected chi connectivity index (χ1v) is 11.2. The molecule has 8 heteroatoms. The van der Waals surface area contributed by atoms with Gasteiger partial charge in [0.2, 0.25) is 0 Å². The number of β-amino-alcohol motifs (C(OH)–C–C–N with tert-alkyl or cyclic N) is 1. The van der Waals surface area contributed by atoms with Gasteiger partial charge < -0.3 is 20.2 Å². The Kier molecular flexibility index (Phi) is 5.14. The largest absolute Gasteiger partial charge is 0.494 e. The van der Waals surface area contributed by atoms with Crippen molar-refractivity contribution < 1.29 is 15.3 Å². The van der Waals surface area contributed by atoms with Crippen molar-refractivity contribution >= 4 is 26.7 Å². The first kappa shape index (κ1) is 19.4. The summed E-state index contributed by atoms with van der Waals surface area (Å²) < 4.78 is 2.65. The molecule has 1 aliphatic carbocycles. The molecule has 1 aliphatic heterocycles. The molecule has 5 rings (SSSR count).